The summed E-state index contributed by atoms with van der Waals surface area (Å²) in [6, 6.07) is 0.348. The predicted octanol–water partition coefficient (Wildman–Crippen LogP) is 1.91. The molecule has 2 N–H and O–H groups in total. The van der Waals surface area contributed by atoms with E-state index in [1.54, 1.807) is 0 Å². The van der Waals surface area contributed by atoms with Crippen molar-refractivity contribution < 1.29 is 0 Å². The summed E-state index contributed by atoms with van der Waals surface area (Å²) in [7, 11) is 0. The topological polar surface area (TPSA) is 29.3 Å². The van der Waals surface area contributed by atoms with Gasteiger partial charge >= 0.3 is 0 Å². The van der Waals surface area contributed by atoms with Crippen molar-refractivity contribution >= 4 is 24.8 Å². The van der Waals surface area contributed by atoms with E-state index in [4.69, 9.17) is 5.73 Å². The van der Waals surface area contributed by atoms with E-state index in [2.05, 4.69) is 25.7 Å². The number of nitrogens with zero attached hydrogens (tertiary/aromatic N) is 1. The minimum atomic E-state index is 0. The Hall–Kier alpha value is 0.500. The van der Waals surface area contributed by atoms with Crippen LogP contribution in [0.1, 0.15) is 27.2 Å². The molecule has 0 rings (SSSR count). The van der Waals surface area contributed by atoms with Crippen molar-refractivity contribution in [3.05, 3.63) is 0 Å². The lowest BCUT2D eigenvalue weighted by Gasteiger charge is -2.18. The van der Waals surface area contributed by atoms with Gasteiger partial charge in [-0.25, -0.2) is 0 Å². The third kappa shape index (κ3) is 10.5. The van der Waals surface area contributed by atoms with Crippen molar-refractivity contribution in [1.82, 2.24) is 4.90 Å². The molecular formula is C8H22Cl2N2. The first-order chi connectivity index (χ1) is 4.70. The molecule has 0 aliphatic heterocycles. The van der Waals surface area contributed by atoms with Gasteiger partial charge in [0.05, 0.1) is 0 Å². The summed E-state index contributed by atoms with van der Waals surface area (Å²) in [5.74, 6) is 0. The van der Waals surface area contributed by atoms with Crippen LogP contribution in [0.3, 0.4) is 0 Å². The van der Waals surface area contributed by atoms with Crippen LogP contribution in [0.15, 0.2) is 0 Å². The van der Waals surface area contributed by atoms with Crippen LogP contribution in [0.2, 0.25) is 0 Å². The highest BCUT2D eigenvalue weighted by molar-refractivity contribution is 5.85. The third-order valence-electron chi connectivity index (χ3n) is 1.80. The van der Waals surface area contributed by atoms with Gasteiger partial charge in [-0.05, 0) is 33.0 Å². The maximum Gasteiger partial charge on any atom is 0.00226 e. The summed E-state index contributed by atoms with van der Waals surface area (Å²) >= 11 is 0. The van der Waals surface area contributed by atoms with Crippen molar-refractivity contribution in [2.45, 2.75) is 33.2 Å². The average molecular weight is 217 g/mol. The van der Waals surface area contributed by atoms with Crippen molar-refractivity contribution in [1.29, 1.82) is 0 Å². The molecule has 1 unspecified atom stereocenters. The Kier molecular flexibility index (Phi) is 17.6. The van der Waals surface area contributed by atoms with Gasteiger partial charge in [0, 0.05) is 6.04 Å². The molecule has 0 bridgehead atoms. The fourth-order valence-corrected chi connectivity index (χ4v) is 0.926. The Bertz CT molecular complexity index is 75.5. The van der Waals surface area contributed by atoms with E-state index in [0.29, 0.717) is 6.04 Å². The zero-order valence-electron chi connectivity index (χ0n) is 8.25. The minimum absolute atomic E-state index is 0. The molecule has 0 saturated heterocycles. The Morgan fingerprint density at radius 3 is 1.83 bits per heavy atom. The fourth-order valence-electron chi connectivity index (χ4n) is 0.926. The molecule has 0 amide bonds. The molecule has 0 aliphatic rings. The highest BCUT2D eigenvalue weighted by Crippen LogP contribution is 1.92. The third-order valence-corrected chi connectivity index (χ3v) is 1.80. The van der Waals surface area contributed by atoms with E-state index in [9.17, 15) is 0 Å². The van der Waals surface area contributed by atoms with Crippen LogP contribution >= 0.6 is 24.8 Å². The average Bonchev–Trinajstić information content (AvgIpc) is 1.90. The molecule has 0 aromatic carbocycles. The molecule has 0 fully saturated rings. The summed E-state index contributed by atoms with van der Waals surface area (Å²) in [5.41, 5.74) is 5.62. The normalized spacial score (nSPS) is 11.8. The van der Waals surface area contributed by atoms with Gasteiger partial charge in [0.25, 0.3) is 0 Å². The molecule has 12 heavy (non-hydrogen) atoms. The van der Waals surface area contributed by atoms with Gasteiger partial charge in [-0.15, -0.1) is 24.8 Å². The minimum Gasteiger partial charge on any atom is -0.328 e. The highest BCUT2D eigenvalue weighted by atomic mass is 35.5. The number of rotatable bonds is 5. The molecule has 2 nitrogen and oxygen atoms in total. The molecule has 0 aromatic rings. The lowest BCUT2D eigenvalue weighted by Crippen LogP contribution is -2.28. The van der Waals surface area contributed by atoms with Gasteiger partial charge in [0.15, 0.2) is 0 Å². The summed E-state index contributed by atoms with van der Waals surface area (Å²) in [6.07, 6.45) is 1.11. The maximum atomic E-state index is 5.62. The second kappa shape index (κ2) is 11.5. The van der Waals surface area contributed by atoms with Crippen molar-refractivity contribution in [3.63, 3.8) is 0 Å². The number of hydrogen-bond donors (Lipinski definition) is 1. The molecule has 0 radical (unpaired) electrons. The highest BCUT2D eigenvalue weighted by Gasteiger charge is 1.99. The SMILES string of the molecule is CCN(CC)CCC(C)N.Cl.Cl. The van der Waals surface area contributed by atoms with Crippen LogP contribution in [0, 0.1) is 0 Å². The Balaban J connectivity index is -0.000000405. The van der Waals surface area contributed by atoms with Gasteiger partial charge < -0.3 is 10.6 Å². The van der Waals surface area contributed by atoms with Crippen LogP contribution < -0.4 is 5.73 Å². The van der Waals surface area contributed by atoms with Gasteiger partial charge in [0.1, 0.15) is 0 Å². The van der Waals surface area contributed by atoms with E-state index < -0.39 is 0 Å². The van der Waals surface area contributed by atoms with Crippen molar-refractivity contribution in [2.75, 3.05) is 19.6 Å². The van der Waals surface area contributed by atoms with E-state index >= 15 is 0 Å². The number of nitrogens with two attached hydrogens (primary N) is 1. The van der Waals surface area contributed by atoms with Crippen LogP contribution in [-0.2, 0) is 0 Å². The van der Waals surface area contributed by atoms with E-state index in [0.717, 1.165) is 26.1 Å². The molecule has 1 atom stereocenters. The summed E-state index contributed by atoms with van der Waals surface area (Å²) < 4.78 is 0. The first kappa shape index (κ1) is 18.3. The molecular weight excluding hydrogens is 195 g/mol. The van der Waals surface area contributed by atoms with Crippen LogP contribution in [-0.4, -0.2) is 30.6 Å². The smallest absolute Gasteiger partial charge is 0.00226 e. The van der Waals surface area contributed by atoms with Gasteiger partial charge in [0.2, 0.25) is 0 Å². The quantitative estimate of drug-likeness (QED) is 0.762. The van der Waals surface area contributed by atoms with E-state index in [-0.39, 0.29) is 24.8 Å². The van der Waals surface area contributed by atoms with Crippen LogP contribution in [0.25, 0.3) is 0 Å². The number of hydrogen-bond acceptors (Lipinski definition) is 2. The molecule has 0 heterocycles. The first-order valence-corrected chi connectivity index (χ1v) is 4.18. The van der Waals surface area contributed by atoms with E-state index in [1.165, 1.54) is 0 Å². The van der Waals surface area contributed by atoms with Crippen molar-refractivity contribution in [3.8, 4) is 0 Å². The predicted molar refractivity (Wildman–Crippen MR) is 60.6 cm³/mol. The number of halogens is 2. The maximum absolute atomic E-state index is 5.62. The van der Waals surface area contributed by atoms with E-state index in [1.807, 2.05) is 0 Å². The zero-order chi connectivity index (χ0) is 7.98. The Morgan fingerprint density at radius 1 is 1.17 bits per heavy atom. The molecule has 4 heteroatoms. The zero-order valence-corrected chi connectivity index (χ0v) is 9.88. The largest absolute Gasteiger partial charge is 0.328 e. The Morgan fingerprint density at radius 2 is 1.58 bits per heavy atom. The standard InChI is InChI=1S/C8H20N2.2ClH/c1-4-10(5-2)7-6-8(3)9;;/h8H,4-7,9H2,1-3H3;2*1H. The second-order valence-corrected chi connectivity index (χ2v) is 2.79. The van der Waals surface area contributed by atoms with Crippen LogP contribution in [0.5, 0.6) is 0 Å². The monoisotopic (exact) mass is 216 g/mol. The summed E-state index contributed by atoms with van der Waals surface area (Å²) in [4.78, 5) is 2.39. The lowest BCUT2D eigenvalue weighted by atomic mass is 10.2. The Labute approximate surface area is 88.7 Å². The first-order valence-electron chi connectivity index (χ1n) is 4.18. The second-order valence-electron chi connectivity index (χ2n) is 2.79. The van der Waals surface area contributed by atoms with Crippen LogP contribution in [0.4, 0.5) is 0 Å². The summed E-state index contributed by atoms with van der Waals surface area (Å²) in [6.45, 7) is 9.86. The molecule has 0 aromatic heterocycles. The van der Waals surface area contributed by atoms with Crippen molar-refractivity contribution in [2.24, 2.45) is 5.73 Å². The van der Waals surface area contributed by atoms with Gasteiger partial charge in [-0.3, -0.25) is 0 Å². The molecule has 0 aliphatic carbocycles. The molecule has 0 saturated carbocycles. The summed E-state index contributed by atoms with van der Waals surface area (Å²) in [5, 5.41) is 0. The van der Waals surface area contributed by atoms with Gasteiger partial charge in [-0.2, -0.15) is 0 Å². The molecule has 0 spiro atoms. The lowest BCUT2D eigenvalue weighted by molar-refractivity contribution is 0.292. The fraction of sp³-hybridized carbons (Fsp3) is 1.00. The van der Waals surface area contributed by atoms with Gasteiger partial charge in [-0.1, -0.05) is 13.8 Å². The molecule has 78 valence electrons.